The summed E-state index contributed by atoms with van der Waals surface area (Å²) >= 11 is 0. The fourth-order valence-electron chi connectivity index (χ4n) is 2.52. The molecule has 0 spiro atoms. The van der Waals surface area contributed by atoms with Crippen molar-refractivity contribution in [1.29, 1.82) is 0 Å². The van der Waals surface area contributed by atoms with Crippen LogP contribution < -0.4 is 20.7 Å². The van der Waals surface area contributed by atoms with Gasteiger partial charge in [-0.1, -0.05) is 19.8 Å². The van der Waals surface area contributed by atoms with Crippen LogP contribution in [0.5, 0.6) is 12.0 Å². The zero-order chi connectivity index (χ0) is 14.4. The van der Waals surface area contributed by atoms with Crippen LogP contribution in [0, 0.1) is 5.92 Å². The lowest BCUT2D eigenvalue weighted by atomic mass is 9.86. The zero-order valence-corrected chi connectivity index (χ0v) is 12.1. The topological polar surface area (TPSA) is 95.2 Å². The maximum Gasteiger partial charge on any atom is 0.324 e. The van der Waals surface area contributed by atoms with E-state index >= 15 is 0 Å². The van der Waals surface area contributed by atoms with E-state index < -0.39 is 0 Å². The maximum atomic E-state index is 5.88. The fourth-order valence-corrected chi connectivity index (χ4v) is 2.52. The van der Waals surface area contributed by atoms with Gasteiger partial charge in [0, 0.05) is 0 Å². The van der Waals surface area contributed by atoms with E-state index in [1.54, 1.807) is 0 Å². The van der Waals surface area contributed by atoms with E-state index in [2.05, 4.69) is 27.3 Å². The summed E-state index contributed by atoms with van der Waals surface area (Å²) in [6.07, 6.45) is 5.92. The second kappa shape index (κ2) is 7.23. The Hall–Kier alpha value is -1.63. The standard InChI is InChI=1S/C13H23N5O2/c1-3-9-6-5-7-10(8-9)20-13-16-11(18-14)15-12(17-13)19-4-2/h9-10H,3-8,14H2,1-2H3,(H,15,16,17,18). The number of rotatable bonds is 6. The summed E-state index contributed by atoms with van der Waals surface area (Å²) in [5.74, 6) is 6.33. The largest absolute Gasteiger partial charge is 0.464 e. The van der Waals surface area contributed by atoms with Crippen LogP contribution in [0.4, 0.5) is 5.95 Å². The van der Waals surface area contributed by atoms with Gasteiger partial charge in [0.25, 0.3) is 0 Å². The molecule has 2 atom stereocenters. The molecule has 2 unspecified atom stereocenters. The second-order valence-electron chi connectivity index (χ2n) is 4.98. The number of hydrogen-bond acceptors (Lipinski definition) is 7. The van der Waals surface area contributed by atoms with Crippen molar-refractivity contribution in [3.05, 3.63) is 0 Å². The Bertz CT molecular complexity index is 429. The quantitative estimate of drug-likeness (QED) is 0.607. The van der Waals surface area contributed by atoms with Crippen molar-refractivity contribution in [2.45, 2.75) is 52.1 Å². The molecule has 1 aromatic rings. The fraction of sp³-hybridized carbons (Fsp3) is 0.769. The Morgan fingerprint density at radius 1 is 1.20 bits per heavy atom. The van der Waals surface area contributed by atoms with Crippen molar-refractivity contribution in [1.82, 2.24) is 15.0 Å². The van der Waals surface area contributed by atoms with Gasteiger partial charge < -0.3 is 9.47 Å². The minimum atomic E-state index is 0.163. The van der Waals surface area contributed by atoms with E-state index in [0.717, 1.165) is 18.8 Å². The number of anilines is 1. The van der Waals surface area contributed by atoms with Crippen molar-refractivity contribution in [3.63, 3.8) is 0 Å². The Balaban J connectivity index is 2.05. The number of nitrogen functional groups attached to an aromatic ring is 1. The lowest BCUT2D eigenvalue weighted by Gasteiger charge is -2.28. The van der Waals surface area contributed by atoms with Crippen LogP contribution in [-0.4, -0.2) is 27.7 Å². The lowest BCUT2D eigenvalue weighted by molar-refractivity contribution is 0.110. The summed E-state index contributed by atoms with van der Waals surface area (Å²) < 4.78 is 11.2. The highest BCUT2D eigenvalue weighted by Crippen LogP contribution is 2.29. The van der Waals surface area contributed by atoms with Gasteiger partial charge in [0.05, 0.1) is 6.61 Å². The first-order valence-corrected chi connectivity index (χ1v) is 7.27. The number of hydrogen-bond donors (Lipinski definition) is 2. The average molecular weight is 281 g/mol. The monoisotopic (exact) mass is 281 g/mol. The van der Waals surface area contributed by atoms with Gasteiger partial charge in [-0.15, -0.1) is 4.98 Å². The highest BCUT2D eigenvalue weighted by atomic mass is 16.5. The Labute approximate surface area is 119 Å². The molecule has 0 amide bonds. The summed E-state index contributed by atoms with van der Waals surface area (Å²) in [4.78, 5) is 12.3. The molecule has 2 rings (SSSR count). The van der Waals surface area contributed by atoms with E-state index in [9.17, 15) is 0 Å². The molecular weight excluding hydrogens is 258 g/mol. The Morgan fingerprint density at radius 2 is 2.00 bits per heavy atom. The van der Waals surface area contributed by atoms with E-state index in [4.69, 9.17) is 15.3 Å². The third-order valence-electron chi connectivity index (χ3n) is 3.58. The molecule has 1 aromatic heterocycles. The second-order valence-corrected chi connectivity index (χ2v) is 4.98. The van der Waals surface area contributed by atoms with Crippen LogP contribution in [0.2, 0.25) is 0 Å². The molecule has 1 heterocycles. The number of ether oxygens (including phenoxy) is 2. The van der Waals surface area contributed by atoms with Gasteiger partial charge in [-0.25, -0.2) is 5.84 Å². The van der Waals surface area contributed by atoms with Crippen LogP contribution in [0.15, 0.2) is 0 Å². The summed E-state index contributed by atoms with van der Waals surface area (Å²) in [7, 11) is 0. The average Bonchev–Trinajstić information content (AvgIpc) is 2.47. The van der Waals surface area contributed by atoms with Crippen LogP contribution in [0.25, 0.3) is 0 Å². The van der Waals surface area contributed by atoms with Crippen molar-refractivity contribution in [3.8, 4) is 12.0 Å². The predicted molar refractivity (Wildman–Crippen MR) is 75.5 cm³/mol. The van der Waals surface area contributed by atoms with E-state index in [-0.39, 0.29) is 24.1 Å². The summed E-state index contributed by atoms with van der Waals surface area (Å²) in [5, 5.41) is 0. The summed E-state index contributed by atoms with van der Waals surface area (Å²) in [6.45, 7) is 4.57. The van der Waals surface area contributed by atoms with Crippen LogP contribution in [0.1, 0.15) is 46.0 Å². The molecule has 0 radical (unpaired) electrons. The van der Waals surface area contributed by atoms with Crippen molar-refractivity contribution >= 4 is 5.95 Å². The molecule has 0 aromatic carbocycles. The normalized spacial score (nSPS) is 22.4. The molecular formula is C13H23N5O2. The van der Waals surface area contributed by atoms with Crippen molar-refractivity contribution in [2.24, 2.45) is 11.8 Å². The molecule has 1 fully saturated rings. The third kappa shape index (κ3) is 3.93. The molecule has 1 saturated carbocycles. The SMILES string of the molecule is CCOc1nc(NN)nc(OC2CCCC(CC)C2)n1. The molecule has 1 aliphatic carbocycles. The van der Waals surface area contributed by atoms with E-state index in [1.165, 1.54) is 19.3 Å². The zero-order valence-electron chi connectivity index (χ0n) is 12.1. The van der Waals surface area contributed by atoms with Gasteiger partial charge in [0.15, 0.2) is 0 Å². The van der Waals surface area contributed by atoms with Gasteiger partial charge in [0.2, 0.25) is 5.95 Å². The van der Waals surface area contributed by atoms with Crippen molar-refractivity contribution < 1.29 is 9.47 Å². The van der Waals surface area contributed by atoms with Gasteiger partial charge in [-0.3, -0.25) is 5.43 Å². The van der Waals surface area contributed by atoms with Gasteiger partial charge in [-0.2, -0.15) is 9.97 Å². The van der Waals surface area contributed by atoms with Gasteiger partial charge in [0.1, 0.15) is 6.10 Å². The highest BCUT2D eigenvalue weighted by Gasteiger charge is 2.23. The highest BCUT2D eigenvalue weighted by molar-refractivity contribution is 5.25. The van der Waals surface area contributed by atoms with E-state index in [1.807, 2.05) is 6.92 Å². The van der Waals surface area contributed by atoms with Gasteiger partial charge in [-0.05, 0) is 32.1 Å². The molecule has 7 nitrogen and oxygen atoms in total. The first-order valence-electron chi connectivity index (χ1n) is 7.27. The molecule has 20 heavy (non-hydrogen) atoms. The van der Waals surface area contributed by atoms with Crippen LogP contribution in [0.3, 0.4) is 0 Å². The lowest BCUT2D eigenvalue weighted by Crippen LogP contribution is -2.26. The molecule has 0 aliphatic heterocycles. The Kier molecular flexibility index (Phi) is 5.34. The van der Waals surface area contributed by atoms with Crippen LogP contribution in [-0.2, 0) is 0 Å². The number of nitrogens with one attached hydrogen (secondary N) is 1. The molecule has 0 bridgehead atoms. The van der Waals surface area contributed by atoms with Crippen molar-refractivity contribution in [2.75, 3.05) is 12.0 Å². The first kappa shape index (κ1) is 14.8. The minimum absolute atomic E-state index is 0.163. The Morgan fingerprint density at radius 3 is 2.70 bits per heavy atom. The first-order chi connectivity index (χ1) is 9.75. The number of nitrogens with two attached hydrogens (primary N) is 1. The number of hydrazine groups is 1. The number of nitrogens with zero attached hydrogens (tertiary/aromatic N) is 3. The molecule has 1 aliphatic rings. The predicted octanol–water partition coefficient (Wildman–Crippen LogP) is 1.90. The number of aromatic nitrogens is 3. The smallest absolute Gasteiger partial charge is 0.324 e. The molecule has 7 heteroatoms. The third-order valence-corrected chi connectivity index (χ3v) is 3.58. The summed E-state index contributed by atoms with van der Waals surface area (Å²) in [6, 6.07) is 0.506. The van der Waals surface area contributed by atoms with Crippen LogP contribution >= 0.6 is 0 Å². The maximum absolute atomic E-state index is 5.88. The van der Waals surface area contributed by atoms with Gasteiger partial charge >= 0.3 is 12.0 Å². The minimum Gasteiger partial charge on any atom is -0.464 e. The summed E-state index contributed by atoms with van der Waals surface area (Å²) in [5.41, 5.74) is 2.40. The molecule has 112 valence electrons. The molecule has 0 saturated heterocycles. The molecule has 3 N–H and O–H groups in total. The van der Waals surface area contributed by atoms with E-state index in [0.29, 0.717) is 6.61 Å².